The van der Waals surface area contributed by atoms with Crippen LogP contribution in [0.25, 0.3) is 0 Å². The molecule has 21 heavy (non-hydrogen) atoms. The van der Waals surface area contributed by atoms with Crippen LogP contribution in [-0.4, -0.2) is 11.4 Å². The van der Waals surface area contributed by atoms with Gasteiger partial charge in [-0.2, -0.15) is 0 Å². The third-order valence-corrected chi connectivity index (χ3v) is 4.33. The Morgan fingerprint density at radius 2 is 2.05 bits per heavy atom. The highest BCUT2D eigenvalue weighted by molar-refractivity contribution is 9.10. The van der Waals surface area contributed by atoms with Crippen molar-refractivity contribution in [2.24, 2.45) is 0 Å². The summed E-state index contributed by atoms with van der Waals surface area (Å²) < 4.78 is 19.6. The second-order valence-electron chi connectivity index (χ2n) is 5.79. The smallest absolute Gasteiger partial charge is 0.194 e. The minimum Gasteiger partial charge on any atom is -0.487 e. The maximum absolute atomic E-state index is 13.6. The van der Waals surface area contributed by atoms with Gasteiger partial charge in [0.25, 0.3) is 0 Å². The second-order valence-corrected chi connectivity index (χ2v) is 6.58. The molecule has 0 saturated carbocycles. The van der Waals surface area contributed by atoms with Crippen molar-refractivity contribution in [2.75, 3.05) is 0 Å². The van der Waals surface area contributed by atoms with Crippen molar-refractivity contribution in [1.82, 2.24) is 0 Å². The summed E-state index contributed by atoms with van der Waals surface area (Å²) in [7, 11) is 0. The molecule has 2 aromatic carbocycles. The molecular weight excluding hydrogens is 335 g/mol. The summed E-state index contributed by atoms with van der Waals surface area (Å²) >= 11 is 3.14. The number of fused-ring (bicyclic) bond motifs is 1. The van der Waals surface area contributed by atoms with Crippen LogP contribution < -0.4 is 4.74 Å². The van der Waals surface area contributed by atoms with Crippen molar-refractivity contribution in [3.8, 4) is 5.75 Å². The lowest BCUT2D eigenvalue weighted by Crippen LogP contribution is -2.24. The lowest BCUT2D eigenvalue weighted by Gasteiger charge is -2.16. The predicted molar refractivity (Wildman–Crippen MR) is 82.4 cm³/mol. The van der Waals surface area contributed by atoms with E-state index >= 15 is 0 Å². The third kappa shape index (κ3) is 2.60. The van der Waals surface area contributed by atoms with Gasteiger partial charge >= 0.3 is 0 Å². The molecular formula is C17H14BrFO2. The fraction of sp³-hybridized carbons (Fsp3) is 0.235. The van der Waals surface area contributed by atoms with Crippen LogP contribution in [0.5, 0.6) is 5.75 Å². The molecule has 2 aromatic rings. The van der Waals surface area contributed by atoms with E-state index in [0.29, 0.717) is 11.1 Å². The highest BCUT2D eigenvalue weighted by Gasteiger charge is 2.30. The lowest BCUT2D eigenvalue weighted by molar-refractivity contribution is 0.103. The lowest BCUT2D eigenvalue weighted by atomic mass is 9.97. The second kappa shape index (κ2) is 4.95. The van der Waals surface area contributed by atoms with Gasteiger partial charge in [0, 0.05) is 17.5 Å². The van der Waals surface area contributed by atoms with E-state index < -0.39 is 5.82 Å². The SMILES string of the molecule is CC1(C)Cc2cc(C(=O)c3cccc(F)c3Br)ccc2O1. The number of carbonyl (C=O) groups is 1. The summed E-state index contributed by atoms with van der Waals surface area (Å²) in [4.78, 5) is 12.5. The molecule has 0 unspecified atom stereocenters. The fourth-order valence-electron chi connectivity index (χ4n) is 2.59. The molecule has 0 atom stereocenters. The van der Waals surface area contributed by atoms with Crippen LogP contribution in [0.4, 0.5) is 4.39 Å². The van der Waals surface area contributed by atoms with Crippen LogP contribution in [0.1, 0.15) is 35.3 Å². The number of halogens is 2. The summed E-state index contributed by atoms with van der Waals surface area (Å²) in [5.41, 5.74) is 1.64. The van der Waals surface area contributed by atoms with E-state index in [1.807, 2.05) is 26.0 Å². The fourth-order valence-corrected chi connectivity index (χ4v) is 3.03. The summed E-state index contributed by atoms with van der Waals surface area (Å²) in [5.74, 6) is 0.176. The first kappa shape index (κ1) is 14.3. The van der Waals surface area contributed by atoms with Crippen LogP contribution in [-0.2, 0) is 6.42 Å². The maximum Gasteiger partial charge on any atom is 0.194 e. The third-order valence-electron chi connectivity index (χ3n) is 3.52. The molecule has 0 spiro atoms. The van der Waals surface area contributed by atoms with Gasteiger partial charge in [0.05, 0.1) is 4.47 Å². The van der Waals surface area contributed by atoms with Gasteiger partial charge in [-0.05, 0) is 65.7 Å². The summed E-state index contributed by atoms with van der Waals surface area (Å²) in [5, 5.41) is 0. The Morgan fingerprint density at radius 1 is 1.29 bits per heavy atom. The first-order valence-corrected chi connectivity index (χ1v) is 7.47. The molecule has 3 rings (SSSR count). The minimum absolute atomic E-state index is 0.200. The maximum atomic E-state index is 13.6. The molecule has 0 amide bonds. The largest absolute Gasteiger partial charge is 0.487 e. The normalized spacial score (nSPS) is 15.4. The van der Waals surface area contributed by atoms with Crippen molar-refractivity contribution in [1.29, 1.82) is 0 Å². The Labute approximate surface area is 131 Å². The van der Waals surface area contributed by atoms with Crippen LogP contribution >= 0.6 is 15.9 Å². The van der Waals surface area contributed by atoms with E-state index in [1.165, 1.54) is 12.1 Å². The molecule has 0 aliphatic carbocycles. The van der Waals surface area contributed by atoms with Crippen LogP contribution in [0.2, 0.25) is 0 Å². The van der Waals surface area contributed by atoms with Crippen molar-refractivity contribution < 1.29 is 13.9 Å². The van der Waals surface area contributed by atoms with Crippen LogP contribution in [0, 0.1) is 5.82 Å². The topological polar surface area (TPSA) is 26.3 Å². The Morgan fingerprint density at radius 3 is 2.81 bits per heavy atom. The predicted octanol–water partition coefficient (Wildman–Crippen LogP) is 4.53. The minimum atomic E-state index is -0.438. The van der Waals surface area contributed by atoms with Crippen LogP contribution in [0.3, 0.4) is 0 Å². The zero-order valence-corrected chi connectivity index (χ0v) is 13.3. The molecule has 4 heteroatoms. The van der Waals surface area contributed by atoms with Gasteiger partial charge in [-0.15, -0.1) is 0 Å². The zero-order valence-electron chi connectivity index (χ0n) is 11.7. The standard InChI is InChI=1S/C17H14BrFO2/c1-17(2)9-11-8-10(6-7-14(11)21-17)16(20)12-4-3-5-13(19)15(12)18/h3-8H,9H2,1-2H3. The molecule has 0 aromatic heterocycles. The number of carbonyl (C=O) groups excluding carboxylic acids is 1. The molecule has 1 heterocycles. The number of rotatable bonds is 2. The van der Waals surface area contributed by atoms with E-state index in [2.05, 4.69) is 15.9 Å². The van der Waals surface area contributed by atoms with E-state index in [1.54, 1.807) is 12.1 Å². The Hall–Kier alpha value is -1.68. The van der Waals surface area contributed by atoms with Crippen LogP contribution in [0.15, 0.2) is 40.9 Å². The number of ketones is 1. The Bertz CT molecular complexity index is 738. The Kier molecular flexibility index (Phi) is 3.36. The van der Waals surface area contributed by atoms with Gasteiger partial charge in [0.2, 0.25) is 0 Å². The molecule has 0 N–H and O–H groups in total. The number of benzene rings is 2. The number of ether oxygens (including phenoxy) is 1. The highest BCUT2D eigenvalue weighted by Crippen LogP contribution is 2.35. The van der Waals surface area contributed by atoms with Gasteiger partial charge in [-0.25, -0.2) is 4.39 Å². The monoisotopic (exact) mass is 348 g/mol. The molecule has 2 nitrogen and oxygen atoms in total. The van der Waals surface area contributed by atoms with Crippen molar-refractivity contribution >= 4 is 21.7 Å². The zero-order chi connectivity index (χ0) is 15.2. The summed E-state index contributed by atoms with van der Waals surface area (Å²) in [6.45, 7) is 4.02. The van der Waals surface area contributed by atoms with Crippen molar-refractivity contribution in [3.63, 3.8) is 0 Å². The average Bonchev–Trinajstić information content (AvgIpc) is 2.73. The van der Waals surface area contributed by atoms with Crippen molar-refractivity contribution in [3.05, 3.63) is 63.4 Å². The first-order valence-electron chi connectivity index (χ1n) is 6.68. The molecule has 1 aliphatic heterocycles. The molecule has 0 fully saturated rings. The molecule has 108 valence electrons. The quantitative estimate of drug-likeness (QED) is 0.745. The van der Waals surface area contributed by atoms with Gasteiger partial charge in [0.1, 0.15) is 17.2 Å². The van der Waals surface area contributed by atoms with E-state index in [4.69, 9.17) is 4.74 Å². The first-order chi connectivity index (χ1) is 9.87. The Balaban J connectivity index is 1.99. The van der Waals surface area contributed by atoms with E-state index in [-0.39, 0.29) is 15.9 Å². The number of hydrogen-bond acceptors (Lipinski definition) is 2. The molecule has 0 radical (unpaired) electrons. The molecule has 0 saturated heterocycles. The van der Waals surface area contributed by atoms with Gasteiger partial charge < -0.3 is 4.74 Å². The van der Waals surface area contributed by atoms with Gasteiger partial charge in [-0.3, -0.25) is 4.79 Å². The summed E-state index contributed by atoms with van der Waals surface area (Å²) in [6, 6.07) is 9.84. The molecule has 1 aliphatic rings. The van der Waals surface area contributed by atoms with E-state index in [9.17, 15) is 9.18 Å². The van der Waals surface area contributed by atoms with Gasteiger partial charge in [-0.1, -0.05) is 6.07 Å². The average molecular weight is 349 g/mol. The highest BCUT2D eigenvalue weighted by atomic mass is 79.9. The number of hydrogen-bond donors (Lipinski definition) is 0. The summed E-state index contributed by atoms with van der Waals surface area (Å²) in [6.07, 6.45) is 0.758. The molecule has 0 bridgehead atoms. The van der Waals surface area contributed by atoms with Crippen molar-refractivity contribution in [2.45, 2.75) is 25.9 Å². The van der Waals surface area contributed by atoms with Gasteiger partial charge in [0.15, 0.2) is 5.78 Å². The van der Waals surface area contributed by atoms with E-state index in [0.717, 1.165) is 17.7 Å².